The number of benzene rings is 3. The zero-order valence-corrected chi connectivity index (χ0v) is 21.5. The normalized spacial score (nSPS) is 12.3. The number of aromatic nitrogens is 1. The molecule has 0 bridgehead atoms. The predicted octanol–water partition coefficient (Wildman–Crippen LogP) is 5.53. The Hall–Kier alpha value is -4.17. The van der Waals surface area contributed by atoms with E-state index >= 15 is 0 Å². The molecule has 1 N–H and O–H groups in total. The van der Waals surface area contributed by atoms with Crippen molar-refractivity contribution < 1.29 is 19.1 Å². The zero-order chi connectivity index (χ0) is 25.8. The van der Waals surface area contributed by atoms with Gasteiger partial charge in [-0.3, -0.25) is 9.59 Å². The number of hydrogen-bond acceptors (Lipinski definition) is 6. The van der Waals surface area contributed by atoms with Crippen LogP contribution >= 0.6 is 11.3 Å². The summed E-state index contributed by atoms with van der Waals surface area (Å²) < 4.78 is 10.8. The van der Waals surface area contributed by atoms with Crippen LogP contribution in [0.3, 0.4) is 0 Å². The summed E-state index contributed by atoms with van der Waals surface area (Å²) in [5.41, 5.74) is 2.14. The van der Waals surface area contributed by atoms with Gasteiger partial charge in [-0.2, -0.15) is 0 Å². The first-order chi connectivity index (χ1) is 17.9. The third-order valence-electron chi connectivity index (χ3n) is 6.27. The molecule has 0 spiro atoms. The lowest BCUT2D eigenvalue weighted by atomic mass is 9.99. The number of thiazole rings is 1. The van der Waals surface area contributed by atoms with Gasteiger partial charge in [-0.25, -0.2) is 4.98 Å². The van der Waals surface area contributed by atoms with Crippen LogP contribution in [0.1, 0.15) is 24.4 Å². The average molecular weight is 514 g/mol. The number of nitrogens with zero attached hydrogens (tertiary/aromatic N) is 2. The minimum absolute atomic E-state index is 0.152. The van der Waals surface area contributed by atoms with Crippen LogP contribution in [0.25, 0.3) is 11.3 Å². The Morgan fingerprint density at radius 3 is 2.43 bits per heavy atom. The third-order valence-corrected chi connectivity index (χ3v) is 7.11. The maximum atomic E-state index is 13.6. The summed E-state index contributed by atoms with van der Waals surface area (Å²) in [4.78, 5) is 33.6. The highest BCUT2D eigenvalue weighted by Gasteiger charge is 2.38. The Bertz CT molecular complexity index is 1400. The highest BCUT2D eigenvalue weighted by atomic mass is 32.1. The molecule has 0 saturated carbocycles. The minimum Gasteiger partial charge on any atom is -0.454 e. The van der Waals surface area contributed by atoms with Gasteiger partial charge in [0.05, 0.1) is 18.7 Å². The maximum absolute atomic E-state index is 13.6. The van der Waals surface area contributed by atoms with Crippen molar-refractivity contribution in [2.45, 2.75) is 32.4 Å². The number of nitrogens with one attached hydrogen (secondary N) is 1. The van der Waals surface area contributed by atoms with Crippen molar-refractivity contribution in [1.82, 2.24) is 9.88 Å². The second kappa shape index (κ2) is 10.4. The molecule has 37 heavy (non-hydrogen) atoms. The molecule has 0 fully saturated rings. The highest BCUT2D eigenvalue weighted by molar-refractivity contribution is 7.09. The molecule has 2 amide bonds. The fraction of sp³-hybridized carbons (Fsp3) is 0.207. The first-order valence-electron chi connectivity index (χ1n) is 12.0. The van der Waals surface area contributed by atoms with E-state index in [0.29, 0.717) is 17.2 Å². The van der Waals surface area contributed by atoms with E-state index in [2.05, 4.69) is 5.32 Å². The fourth-order valence-electron chi connectivity index (χ4n) is 4.10. The molecular formula is C29H27N3O4S. The van der Waals surface area contributed by atoms with Crippen molar-refractivity contribution in [3.05, 3.63) is 94.8 Å². The Morgan fingerprint density at radius 2 is 1.68 bits per heavy atom. The number of carbonyl (C=O) groups is 2. The van der Waals surface area contributed by atoms with Gasteiger partial charge in [0, 0.05) is 22.7 Å². The largest absolute Gasteiger partial charge is 0.454 e. The third kappa shape index (κ3) is 5.49. The van der Waals surface area contributed by atoms with Gasteiger partial charge in [0.2, 0.25) is 18.6 Å². The monoisotopic (exact) mass is 513 g/mol. The number of rotatable bonds is 8. The van der Waals surface area contributed by atoms with Crippen molar-refractivity contribution in [2.75, 3.05) is 12.1 Å². The molecule has 1 aliphatic rings. The summed E-state index contributed by atoms with van der Waals surface area (Å²) in [6, 6.07) is 24.7. The number of carbonyl (C=O) groups excluding carboxylic acids is 2. The predicted molar refractivity (Wildman–Crippen MR) is 144 cm³/mol. The maximum Gasteiger partial charge on any atom is 0.249 e. The zero-order valence-electron chi connectivity index (χ0n) is 20.6. The summed E-state index contributed by atoms with van der Waals surface area (Å²) in [5.74, 6) is 0.736. The molecule has 0 atom stereocenters. The molecule has 0 unspecified atom stereocenters. The summed E-state index contributed by atoms with van der Waals surface area (Å²) in [5, 5.41) is 5.67. The lowest BCUT2D eigenvalue weighted by Gasteiger charge is -2.37. The van der Waals surface area contributed by atoms with Gasteiger partial charge in [0.1, 0.15) is 10.5 Å². The van der Waals surface area contributed by atoms with Crippen molar-refractivity contribution in [3.63, 3.8) is 0 Å². The van der Waals surface area contributed by atoms with Gasteiger partial charge >= 0.3 is 0 Å². The van der Waals surface area contributed by atoms with Gasteiger partial charge in [0.25, 0.3) is 0 Å². The van der Waals surface area contributed by atoms with Crippen LogP contribution in [0.5, 0.6) is 11.5 Å². The van der Waals surface area contributed by atoms with Crippen LogP contribution in [0.15, 0.2) is 84.2 Å². The molecule has 3 aromatic carbocycles. The Kier molecular flexibility index (Phi) is 6.92. The van der Waals surface area contributed by atoms with Crippen LogP contribution in [-0.2, 0) is 22.6 Å². The van der Waals surface area contributed by atoms with Gasteiger partial charge in [-0.1, -0.05) is 60.7 Å². The van der Waals surface area contributed by atoms with E-state index < -0.39 is 5.54 Å². The molecular weight excluding hydrogens is 486 g/mol. The first kappa shape index (κ1) is 24.5. The van der Waals surface area contributed by atoms with E-state index in [1.54, 1.807) is 36.9 Å². The van der Waals surface area contributed by atoms with Crippen LogP contribution in [0, 0.1) is 0 Å². The molecule has 0 radical (unpaired) electrons. The summed E-state index contributed by atoms with van der Waals surface area (Å²) >= 11 is 1.47. The molecule has 0 aliphatic carbocycles. The topological polar surface area (TPSA) is 80.8 Å². The number of anilines is 1. The Labute approximate surface area is 219 Å². The van der Waals surface area contributed by atoms with E-state index in [0.717, 1.165) is 21.8 Å². The van der Waals surface area contributed by atoms with Crippen LogP contribution in [-0.4, -0.2) is 34.0 Å². The Morgan fingerprint density at radius 1 is 0.973 bits per heavy atom. The van der Waals surface area contributed by atoms with E-state index in [9.17, 15) is 9.59 Å². The molecule has 188 valence electrons. The first-order valence-corrected chi connectivity index (χ1v) is 12.8. The number of hydrogen-bond donors (Lipinski definition) is 1. The van der Waals surface area contributed by atoms with Gasteiger partial charge in [-0.15, -0.1) is 11.3 Å². The lowest BCUT2D eigenvalue weighted by Crippen LogP contribution is -2.55. The van der Waals surface area contributed by atoms with Crippen LogP contribution in [0.2, 0.25) is 0 Å². The number of fused-ring (bicyclic) bond motifs is 1. The van der Waals surface area contributed by atoms with Gasteiger partial charge < -0.3 is 19.7 Å². The average Bonchev–Trinajstić information content (AvgIpc) is 3.57. The van der Waals surface area contributed by atoms with E-state index in [1.165, 1.54) is 11.3 Å². The SMILES string of the molecule is CC(C)(C(=O)Nc1ccc2c(c1)OCO2)N(Cc1nc(-c2ccccc2)cs1)C(=O)Cc1ccccc1. The number of ether oxygens (including phenoxy) is 2. The molecule has 0 saturated heterocycles. The van der Waals surface area contributed by atoms with Crippen LogP contribution in [0.4, 0.5) is 5.69 Å². The lowest BCUT2D eigenvalue weighted by molar-refractivity contribution is -0.144. The molecule has 7 nitrogen and oxygen atoms in total. The van der Waals surface area contributed by atoms with E-state index in [1.807, 2.05) is 66.0 Å². The molecule has 1 aliphatic heterocycles. The summed E-state index contributed by atoms with van der Waals surface area (Å²) in [6.07, 6.45) is 0.179. The number of amides is 2. The second-order valence-electron chi connectivity index (χ2n) is 9.22. The van der Waals surface area contributed by atoms with Crippen molar-refractivity contribution in [2.24, 2.45) is 0 Å². The van der Waals surface area contributed by atoms with Crippen molar-refractivity contribution in [3.8, 4) is 22.8 Å². The second-order valence-corrected chi connectivity index (χ2v) is 10.2. The minimum atomic E-state index is -1.17. The fourth-order valence-corrected chi connectivity index (χ4v) is 4.90. The molecule has 2 heterocycles. The quantitative estimate of drug-likeness (QED) is 0.335. The molecule has 1 aromatic heterocycles. The van der Waals surface area contributed by atoms with E-state index in [4.69, 9.17) is 14.5 Å². The van der Waals surface area contributed by atoms with Crippen LogP contribution < -0.4 is 14.8 Å². The standard InChI is InChI=1S/C29H27N3O4S/c1-29(2,28(34)30-22-13-14-24-25(16-22)36-19-35-24)32(27(33)15-20-9-5-3-6-10-20)17-26-31-23(18-37-26)21-11-7-4-8-12-21/h3-14,16,18H,15,17,19H2,1-2H3,(H,30,34). The molecule has 5 rings (SSSR count). The van der Waals surface area contributed by atoms with Crippen molar-refractivity contribution in [1.29, 1.82) is 0 Å². The summed E-state index contributed by atoms with van der Waals surface area (Å²) in [6.45, 7) is 3.87. The molecule has 8 heteroatoms. The van der Waals surface area contributed by atoms with Crippen molar-refractivity contribution >= 4 is 28.8 Å². The highest BCUT2D eigenvalue weighted by Crippen LogP contribution is 2.35. The Balaban J connectivity index is 1.40. The molecule has 4 aromatic rings. The smallest absolute Gasteiger partial charge is 0.249 e. The van der Waals surface area contributed by atoms with Gasteiger partial charge in [0.15, 0.2) is 11.5 Å². The van der Waals surface area contributed by atoms with E-state index in [-0.39, 0.29) is 31.6 Å². The summed E-state index contributed by atoms with van der Waals surface area (Å²) in [7, 11) is 0. The van der Waals surface area contributed by atoms with Gasteiger partial charge in [-0.05, 0) is 31.5 Å².